The molecule has 1 heteroatoms. The molecular weight excluding hydrogens is 364 g/mol. The quantitative estimate of drug-likeness (QED) is 0.452. The first-order chi connectivity index (χ1) is 14.0. The van der Waals surface area contributed by atoms with Crippen molar-refractivity contribution in [1.29, 1.82) is 0 Å². The van der Waals surface area contributed by atoms with Gasteiger partial charge < -0.3 is 5.11 Å². The summed E-state index contributed by atoms with van der Waals surface area (Å²) in [5.74, 6) is 3.06. The van der Waals surface area contributed by atoms with E-state index >= 15 is 0 Å². The molecule has 8 atom stereocenters. The summed E-state index contributed by atoms with van der Waals surface area (Å²) in [6.45, 7) is 19.2. The van der Waals surface area contributed by atoms with Gasteiger partial charge in [-0.05, 0) is 117 Å². The third-order valence-electron chi connectivity index (χ3n) is 11.4. The zero-order valence-corrected chi connectivity index (χ0v) is 20.8. The molecule has 0 heterocycles. The van der Waals surface area contributed by atoms with Gasteiger partial charge in [-0.1, -0.05) is 57.9 Å². The summed E-state index contributed by atoms with van der Waals surface area (Å²) in [4.78, 5) is 0. The summed E-state index contributed by atoms with van der Waals surface area (Å²) in [7, 11) is 0. The molecule has 4 rings (SSSR count). The van der Waals surface area contributed by atoms with Gasteiger partial charge in [0.15, 0.2) is 0 Å². The predicted octanol–water partition coefficient (Wildman–Crippen LogP) is 8.09. The molecule has 2 fully saturated rings. The van der Waals surface area contributed by atoms with Gasteiger partial charge in [0.2, 0.25) is 0 Å². The minimum atomic E-state index is -0.0482. The number of hydrogen-bond acceptors (Lipinski definition) is 1. The molecule has 0 saturated heterocycles. The Balaban J connectivity index is 1.59. The lowest BCUT2D eigenvalue weighted by molar-refractivity contribution is -0.00513. The van der Waals surface area contributed by atoms with E-state index in [1.807, 2.05) is 11.1 Å². The van der Waals surface area contributed by atoms with Gasteiger partial charge in [-0.3, -0.25) is 0 Å². The Hall–Kier alpha value is -0.560. The fourth-order valence-corrected chi connectivity index (χ4v) is 8.74. The standard InChI is InChI=1S/C29H48O/c1-19(2)20(3)8-9-21(4)24-13-16-29(7)26-11-10-22-18-23(30)12-15-27(22,5)25(26)14-17-28(24,29)6/h20-24,30H,1,8-18H2,2-7H3/t20-,21+,22?,23?,24+,27-,28+,29-/m0/s1. The molecule has 0 radical (unpaired) electrons. The lowest BCUT2D eigenvalue weighted by Gasteiger charge is -2.59. The number of hydrogen-bond donors (Lipinski definition) is 1. The van der Waals surface area contributed by atoms with Crippen molar-refractivity contribution in [2.24, 2.45) is 39.9 Å². The fourth-order valence-electron chi connectivity index (χ4n) is 8.74. The summed E-state index contributed by atoms with van der Waals surface area (Å²) in [6, 6.07) is 0. The van der Waals surface area contributed by atoms with Crippen LogP contribution in [0.25, 0.3) is 0 Å². The normalized spacial score (nSPS) is 45.4. The molecule has 1 N–H and O–H groups in total. The Kier molecular flexibility index (Phi) is 5.87. The second-order valence-corrected chi connectivity index (χ2v) is 12.7. The first-order valence-corrected chi connectivity index (χ1v) is 13.1. The van der Waals surface area contributed by atoms with Gasteiger partial charge in [0, 0.05) is 0 Å². The van der Waals surface area contributed by atoms with Crippen molar-refractivity contribution in [3.8, 4) is 0 Å². The average Bonchev–Trinajstić information content (AvgIpc) is 2.97. The Labute approximate surface area is 186 Å². The van der Waals surface area contributed by atoms with Gasteiger partial charge in [-0.25, -0.2) is 0 Å². The highest BCUT2D eigenvalue weighted by molar-refractivity contribution is 5.38. The van der Waals surface area contributed by atoms with Crippen molar-refractivity contribution in [2.45, 2.75) is 118 Å². The van der Waals surface area contributed by atoms with E-state index < -0.39 is 0 Å². The maximum Gasteiger partial charge on any atom is 0.0543 e. The Morgan fingerprint density at radius 2 is 1.73 bits per heavy atom. The average molecular weight is 413 g/mol. The Bertz CT molecular complexity index is 718. The van der Waals surface area contributed by atoms with Crippen LogP contribution in [0.5, 0.6) is 0 Å². The number of rotatable bonds is 5. The molecule has 0 aromatic carbocycles. The Morgan fingerprint density at radius 3 is 2.43 bits per heavy atom. The van der Waals surface area contributed by atoms with E-state index in [0.717, 1.165) is 24.7 Å². The number of allylic oxidation sites excluding steroid dienone is 3. The van der Waals surface area contributed by atoms with Gasteiger partial charge in [0.05, 0.1) is 6.10 Å². The molecule has 1 nitrogen and oxygen atoms in total. The molecule has 0 spiro atoms. The van der Waals surface area contributed by atoms with Crippen LogP contribution in [0.2, 0.25) is 0 Å². The number of fused-ring (bicyclic) bond motifs is 4. The zero-order valence-electron chi connectivity index (χ0n) is 20.8. The first kappa shape index (κ1) is 22.6. The van der Waals surface area contributed by atoms with Gasteiger partial charge in [0.25, 0.3) is 0 Å². The lowest BCUT2D eigenvalue weighted by Crippen LogP contribution is -2.49. The zero-order chi connectivity index (χ0) is 21.9. The maximum absolute atomic E-state index is 10.3. The molecule has 0 bridgehead atoms. The summed E-state index contributed by atoms with van der Waals surface area (Å²) in [6.07, 6.45) is 14.0. The summed E-state index contributed by atoms with van der Waals surface area (Å²) in [5.41, 5.74) is 6.34. The van der Waals surface area contributed by atoms with Crippen molar-refractivity contribution >= 4 is 0 Å². The van der Waals surface area contributed by atoms with E-state index in [4.69, 9.17) is 0 Å². The van der Waals surface area contributed by atoms with Crippen LogP contribution in [0.15, 0.2) is 23.3 Å². The van der Waals surface area contributed by atoms with Gasteiger partial charge >= 0.3 is 0 Å². The SMILES string of the molecule is C=C(C)[C@@H](C)CC[C@@H](C)[C@H]1CC[C@@]2(C)C3=C(CC[C@]12C)[C@@]1(C)CCC(O)CC1CC3. The van der Waals surface area contributed by atoms with E-state index in [0.29, 0.717) is 28.1 Å². The van der Waals surface area contributed by atoms with E-state index in [1.165, 1.54) is 63.4 Å². The summed E-state index contributed by atoms with van der Waals surface area (Å²) >= 11 is 0. The first-order valence-electron chi connectivity index (χ1n) is 13.1. The highest BCUT2D eigenvalue weighted by Gasteiger charge is 2.61. The second-order valence-electron chi connectivity index (χ2n) is 12.7. The Morgan fingerprint density at radius 1 is 1.00 bits per heavy atom. The number of aliphatic hydroxyl groups excluding tert-OH is 1. The molecular formula is C29H48O. The third-order valence-corrected chi connectivity index (χ3v) is 11.4. The van der Waals surface area contributed by atoms with E-state index in [2.05, 4.69) is 48.1 Å². The van der Waals surface area contributed by atoms with Crippen LogP contribution in [0.1, 0.15) is 112 Å². The summed E-state index contributed by atoms with van der Waals surface area (Å²) in [5, 5.41) is 10.3. The molecule has 0 aliphatic heterocycles. The molecule has 4 aliphatic rings. The van der Waals surface area contributed by atoms with Crippen LogP contribution < -0.4 is 0 Å². The van der Waals surface area contributed by atoms with Crippen molar-refractivity contribution in [1.82, 2.24) is 0 Å². The highest BCUT2D eigenvalue weighted by atomic mass is 16.3. The van der Waals surface area contributed by atoms with E-state index in [1.54, 1.807) is 0 Å². The molecule has 0 aromatic heterocycles. The van der Waals surface area contributed by atoms with Crippen LogP contribution in [-0.2, 0) is 0 Å². The largest absolute Gasteiger partial charge is 0.393 e. The lowest BCUT2D eigenvalue weighted by atomic mass is 9.46. The van der Waals surface area contributed by atoms with Gasteiger partial charge in [-0.15, -0.1) is 0 Å². The monoisotopic (exact) mass is 412 g/mol. The van der Waals surface area contributed by atoms with Crippen LogP contribution in [0, 0.1) is 39.9 Å². The van der Waals surface area contributed by atoms with E-state index in [-0.39, 0.29) is 6.10 Å². The van der Waals surface area contributed by atoms with Crippen LogP contribution in [-0.4, -0.2) is 11.2 Å². The minimum absolute atomic E-state index is 0.0482. The van der Waals surface area contributed by atoms with Crippen molar-refractivity contribution in [2.75, 3.05) is 0 Å². The van der Waals surface area contributed by atoms with Crippen molar-refractivity contribution in [3.63, 3.8) is 0 Å². The molecule has 0 amide bonds. The van der Waals surface area contributed by atoms with Gasteiger partial charge in [-0.2, -0.15) is 0 Å². The third kappa shape index (κ3) is 3.28. The predicted molar refractivity (Wildman–Crippen MR) is 128 cm³/mol. The minimum Gasteiger partial charge on any atom is -0.393 e. The van der Waals surface area contributed by atoms with E-state index in [9.17, 15) is 5.11 Å². The van der Waals surface area contributed by atoms with Crippen LogP contribution >= 0.6 is 0 Å². The molecule has 170 valence electrons. The van der Waals surface area contributed by atoms with Gasteiger partial charge in [0.1, 0.15) is 0 Å². The molecule has 2 unspecified atom stereocenters. The maximum atomic E-state index is 10.3. The summed E-state index contributed by atoms with van der Waals surface area (Å²) < 4.78 is 0. The topological polar surface area (TPSA) is 20.2 Å². The van der Waals surface area contributed by atoms with Crippen LogP contribution in [0.4, 0.5) is 0 Å². The molecule has 30 heavy (non-hydrogen) atoms. The van der Waals surface area contributed by atoms with Crippen molar-refractivity contribution < 1.29 is 5.11 Å². The van der Waals surface area contributed by atoms with Crippen LogP contribution in [0.3, 0.4) is 0 Å². The smallest absolute Gasteiger partial charge is 0.0543 e. The second kappa shape index (κ2) is 7.79. The molecule has 0 aromatic rings. The molecule has 4 aliphatic carbocycles. The number of aliphatic hydroxyl groups is 1. The van der Waals surface area contributed by atoms with Crippen molar-refractivity contribution in [3.05, 3.63) is 23.3 Å². The highest BCUT2D eigenvalue weighted by Crippen LogP contribution is 2.71. The fraction of sp³-hybridized carbons (Fsp3) is 0.862. The molecule has 2 saturated carbocycles.